The molecule has 5 nitrogen and oxygen atoms in total. The van der Waals surface area contributed by atoms with Crippen LogP contribution in [-0.4, -0.2) is 20.3 Å². The third kappa shape index (κ3) is 2.45. The molecule has 1 N–H and O–H groups in total. The number of aromatic nitrogens is 2. The number of carbonyl (C=O) groups is 2. The zero-order valence-electron chi connectivity index (χ0n) is 13.7. The van der Waals surface area contributed by atoms with Crippen LogP contribution in [0.5, 0.6) is 0 Å². The van der Waals surface area contributed by atoms with Crippen LogP contribution >= 0.6 is 23.3 Å². The van der Waals surface area contributed by atoms with Gasteiger partial charge in [0.25, 0.3) is 0 Å². The highest BCUT2D eigenvalue weighted by atomic mass is 35.5. The van der Waals surface area contributed by atoms with Gasteiger partial charge in [-0.15, -0.1) is 0 Å². The molecule has 0 spiro atoms. The number of ketones is 2. The van der Waals surface area contributed by atoms with Gasteiger partial charge in [-0.2, -0.15) is 8.75 Å². The van der Waals surface area contributed by atoms with Gasteiger partial charge in [0.2, 0.25) is 0 Å². The van der Waals surface area contributed by atoms with Gasteiger partial charge in [-0.25, -0.2) is 0 Å². The maximum absolute atomic E-state index is 13.0. The van der Waals surface area contributed by atoms with Crippen LogP contribution < -0.4 is 5.32 Å². The van der Waals surface area contributed by atoms with E-state index in [0.717, 1.165) is 17.4 Å². The average molecular weight is 392 g/mol. The minimum Gasteiger partial charge on any atom is -0.354 e. The van der Waals surface area contributed by atoms with Crippen LogP contribution in [0.25, 0.3) is 11.0 Å². The highest BCUT2D eigenvalue weighted by Gasteiger charge is 2.33. The van der Waals surface area contributed by atoms with Gasteiger partial charge in [0.1, 0.15) is 11.0 Å². The monoisotopic (exact) mass is 391 g/mol. The smallest absolute Gasteiger partial charge is 0.196 e. The van der Waals surface area contributed by atoms with Crippen molar-refractivity contribution < 1.29 is 9.59 Å². The minimum absolute atomic E-state index is 0.191. The number of hydrogen-bond acceptors (Lipinski definition) is 6. The molecular weight excluding hydrogens is 382 g/mol. The standard InChI is InChI=1S/C20H10ClN3O2S/c21-10-4-3-5-11(8-10)22-15-9-14-16(18-17(15)23-27-24-18)20(26)13-7-2-1-6-12(13)19(14)25/h1-9,22H. The predicted octanol–water partition coefficient (Wildman–Crippen LogP) is 4.86. The number of anilines is 2. The second-order valence-corrected chi connectivity index (χ2v) is 7.11. The average Bonchev–Trinajstić information content (AvgIpc) is 3.16. The molecule has 27 heavy (non-hydrogen) atoms. The lowest BCUT2D eigenvalue weighted by atomic mass is 9.83. The summed E-state index contributed by atoms with van der Waals surface area (Å²) in [6, 6.07) is 15.8. The second-order valence-electron chi connectivity index (χ2n) is 6.15. The van der Waals surface area contributed by atoms with Gasteiger partial charge >= 0.3 is 0 Å². The third-order valence-electron chi connectivity index (χ3n) is 4.53. The Kier molecular flexibility index (Phi) is 3.56. The summed E-state index contributed by atoms with van der Waals surface area (Å²) < 4.78 is 8.63. The van der Waals surface area contributed by atoms with Gasteiger partial charge in [0.15, 0.2) is 11.6 Å². The molecule has 0 saturated heterocycles. The van der Waals surface area contributed by atoms with E-state index in [2.05, 4.69) is 14.1 Å². The van der Waals surface area contributed by atoms with Crippen molar-refractivity contribution in [3.05, 3.63) is 81.9 Å². The second kappa shape index (κ2) is 5.97. The SMILES string of the molecule is O=C1c2ccccc2C(=O)c2c1cc(Nc1cccc(Cl)c1)c1nsnc21. The Labute approximate surface area is 162 Å². The molecule has 1 aliphatic rings. The molecule has 1 aliphatic carbocycles. The van der Waals surface area contributed by atoms with E-state index >= 15 is 0 Å². The fourth-order valence-electron chi connectivity index (χ4n) is 3.33. The highest BCUT2D eigenvalue weighted by Crippen LogP contribution is 2.36. The van der Waals surface area contributed by atoms with E-state index < -0.39 is 0 Å². The summed E-state index contributed by atoms with van der Waals surface area (Å²) in [6.45, 7) is 0. The van der Waals surface area contributed by atoms with Crippen molar-refractivity contribution >= 4 is 57.3 Å². The van der Waals surface area contributed by atoms with Gasteiger partial charge in [-0.05, 0) is 24.3 Å². The van der Waals surface area contributed by atoms with Crippen LogP contribution in [-0.2, 0) is 0 Å². The summed E-state index contributed by atoms with van der Waals surface area (Å²) in [5, 5.41) is 3.83. The van der Waals surface area contributed by atoms with E-state index in [9.17, 15) is 9.59 Å². The first-order valence-corrected chi connectivity index (χ1v) is 9.24. The number of nitrogens with zero attached hydrogens (tertiary/aromatic N) is 2. The van der Waals surface area contributed by atoms with Gasteiger partial charge < -0.3 is 5.32 Å². The predicted molar refractivity (Wildman–Crippen MR) is 105 cm³/mol. The van der Waals surface area contributed by atoms with Crippen LogP contribution in [0.4, 0.5) is 11.4 Å². The Balaban J connectivity index is 1.74. The lowest BCUT2D eigenvalue weighted by molar-refractivity contribution is 0.0980. The van der Waals surface area contributed by atoms with Gasteiger partial charge in [0.05, 0.1) is 23.0 Å². The first kappa shape index (κ1) is 16.1. The van der Waals surface area contributed by atoms with Crippen LogP contribution in [0.3, 0.4) is 0 Å². The molecule has 1 heterocycles. The summed E-state index contributed by atoms with van der Waals surface area (Å²) in [6.07, 6.45) is 0. The number of fused-ring (bicyclic) bond motifs is 4. The summed E-state index contributed by atoms with van der Waals surface area (Å²) in [7, 11) is 0. The fourth-order valence-corrected chi connectivity index (χ4v) is 4.08. The molecule has 0 unspecified atom stereocenters. The number of carbonyl (C=O) groups excluding carboxylic acids is 2. The molecule has 0 amide bonds. The van der Waals surface area contributed by atoms with Crippen molar-refractivity contribution in [3.8, 4) is 0 Å². The van der Waals surface area contributed by atoms with E-state index in [4.69, 9.17) is 11.6 Å². The molecule has 0 fully saturated rings. The number of benzene rings is 3. The highest BCUT2D eigenvalue weighted by molar-refractivity contribution is 7.00. The molecule has 4 aromatic rings. The summed E-state index contributed by atoms with van der Waals surface area (Å²) in [4.78, 5) is 26.1. The maximum Gasteiger partial charge on any atom is 0.196 e. The Morgan fingerprint density at radius 2 is 1.56 bits per heavy atom. The lowest BCUT2D eigenvalue weighted by Crippen LogP contribution is -2.21. The minimum atomic E-state index is -0.202. The van der Waals surface area contributed by atoms with Gasteiger partial charge in [-0.1, -0.05) is 41.9 Å². The van der Waals surface area contributed by atoms with Crippen LogP contribution in [0, 0.1) is 0 Å². The summed E-state index contributed by atoms with van der Waals surface area (Å²) in [5.41, 5.74) is 3.83. The van der Waals surface area contributed by atoms with Crippen LogP contribution in [0.2, 0.25) is 5.02 Å². The van der Waals surface area contributed by atoms with E-state index in [1.807, 2.05) is 12.1 Å². The van der Waals surface area contributed by atoms with Crippen molar-refractivity contribution in [1.82, 2.24) is 8.75 Å². The Bertz CT molecular complexity index is 1270. The largest absolute Gasteiger partial charge is 0.354 e. The van der Waals surface area contributed by atoms with Crippen molar-refractivity contribution in [2.24, 2.45) is 0 Å². The molecule has 0 saturated carbocycles. The molecule has 7 heteroatoms. The molecule has 1 aromatic heterocycles. The van der Waals surface area contributed by atoms with E-state index in [0.29, 0.717) is 44.0 Å². The zero-order chi connectivity index (χ0) is 18.5. The molecular formula is C20H10ClN3O2S. The van der Waals surface area contributed by atoms with Gasteiger partial charge in [-0.3, -0.25) is 9.59 Å². The number of nitrogens with one attached hydrogen (secondary N) is 1. The van der Waals surface area contributed by atoms with Crippen molar-refractivity contribution in [3.63, 3.8) is 0 Å². The first-order chi connectivity index (χ1) is 13.1. The molecule has 5 rings (SSSR count). The summed E-state index contributed by atoms with van der Waals surface area (Å²) >= 11 is 7.07. The van der Waals surface area contributed by atoms with Crippen molar-refractivity contribution in [1.29, 1.82) is 0 Å². The van der Waals surface area contributed by atoms with E-state index in [1.54, 1.807) is 42.5 Å². The van der Waals surface area contributed by atoms with Crippen LogP contribution in [0.15, 0.2) is 54.6 Å². The lowest BCUT2D eigenvalue weighted by Gasteiger charge is -2.19. The zero-order valence-corrected chi connectivity index (χ0v) is 15.3. The topological polar surface area (TPSA) is 72.0 Å². The molecule has 3 aromatic carbocycles. The first-order valence-electron chi connectivity index (χ1n) is 8.14. The number of halogens is 1. The molecule has 0 radical (unpaired) electrons. The number of hydrogen-bond donors (Lipinski definition) is 1. The molecule has 130 valence electrons. The quantitative estimate of drug-likeness (QED) is 0.465. The van der Waals surface area contributed by atoms with E-state index in [1.165, 1.54) is 0 Å². The maximum atomic E-state index is 13.0. The van der Waals surface area contributed by atoms with Crippen molar-refractivity contribution in [2.75, 3.05) is 5.32 Å². The van der Waals surface area contributed by atoms with E-state index in [-0.39, 0.29) is 11.6 Å². The molecule has 0 aliphatic heterocycles. The Morgan fingerprint density at radius 1 is 0.815 bits per heavy atom. The molecule has 0 bridgehead atoms. The normalized spacial score (nSPS) is 12.8. The molecule has 0 atom stereocenters. The summed E-state index contributed by atoms with van der Waals surface area (Å²) in [5.74, 6) is -0.392. The Hall–Kier alpha value is -3.09. The third-order valence-corrected chi connectivity index (χ3v) is 5.29. The van der Waals surface area contributed by atoms with Crippen LogP contribution in [0.1, 0.15) is 31.8 Å². The number of rotatable bonds is 2. The Morgan fingerprint density at radius 3 is 2.33 bits per heavy atom. The van der Waals surface area contributed by atoms with Crippen molar-refractivity contribution in [2.45, 2.75) is 0 Å². The fraction of sp³-hybridized carbons (Fsp3) is 0. The van der Waals surface area contributed by atoms with Gasteiger partial charge in [0, 0.05) is 27.4 Å².